The lowest BCUT2D eigenvalue weighted by Gasteiger charge is -2.21. The molecule has 1 nitrogen and oxygen atoms in total. The largest absolute Gasteiger partial charge is 0.335 e. The van der Waals surface area contributed by atoms with Gasteiger partial charge in [-0.3, -0.25) is 0 Å². The highest BCUT2D eigenvalue weighted by Crippen LogP contribution is 2.29. The van der Waals surface area contributed by atoms with E-state index >= 15 is 0 Å². The summed E-state index contributed by atoms with van der Waals surface area (Å²) in [6.45, 7) is 0.236. The topological polar surface area (TPSA) is 9.23 Å². The van der Waals surface area contributed by atoms with Gasteiger partial charge in [0, 0.05) is 15.8 Å². The highest BCUT2D eigenvalue weighted by Gasteiger charge is 2.27. The molecule has 0 saturated carbocycles. The summed E-state index contributed by atoms with van der Waals surface area (Å²) >= 11 is 4.94. The smallest absolute Gasteiger partial charge is 0.249 e. The zero-order valence-corrected chi connectivity index (χ0v) is 12.4. The molecule has 4 heteroatoms. The summed E-state index contributed by atoms with van der Waals surface area (Å²) in [6.07, 6.45) is 8.21. The second-order valence-electron chi connectivity index (χ2n) is 3.95. The third-order valence-electron chi connectivity index (χ3n) is 2.54. The van der Waals surface area contributed by atoms with Gasteiger partial charge in [-0.2, -0.15) is 0 Å². The van der Waals surface area contributed by atoms with E-state index in [1.807, 2.05) is 30.5 Å². The van der Waals surface area contributed by atoms with Gasteiger partial charge in [0.15, 0.2) is 0 Å². The van der Waals surface area contributed by atoms with Gasteiger partial charge in [0.2, 0.25) is 5.85 Å². The van der Waals surface area contributed by atoms with Crippen LogP contribution < -0.4 is 0 Å². The van der Waals surface area contributed by atoms with E-state index in [0.29, 0.717) is 6.42 Å². The maximum absolute atomic E-state index is 14.2. The molecule has 0 aliphatic heterocycles. The fraction of sp³-hybridized carbons (Fsp3) is 0.286. The Morgan fingerprint density at radius 3 is 2.78 bits per heavy atom. The van der Waals surface area contributed by atoms with Crippen LogP contribution in [0.15, 0.2) is 45.8 Å². The van der Waals surface area contributed by atoms with Gasteiger partial charge < -0.3 is 4.74 Å². The average Bonchev–Trinajstić information content (AvgIpc) is 2.37. The Bertz CT molecular complexity index is 469. The lowest BCUT2D eigenvalue weighted by molar-refractivity contribution is -0.0801. The number of hydrogen-bond donors (Lipinski definition) is 0. The third kappa shape index (κ3) is 3.70. The molecule has 0 amide bonds. The SMILES string of the molecule is CSc1ccc(COC2(F)C=[C]CC(Br)=C2)cc1. The lowest BCUT2D eigenvalue weighted by atomic mass is 10.1. The molecule has 1 aliphatic rings. The van der Waals surface area contributed by atoms with Gasteiger partial charge in [-0.15, -0.1) is 11.8 Å². The second kappa shape index (κ2) is 6.04. The number of ether oxygens (including phenoxy) is 1. The van der Waals surface area contributed by atoms with Gasteiger partial charge in [-0.1, -0.05) is 28.1 Å². The van der Waals surface area contributed by atoms with Crippen LogP contribution in [0, 0.1) is 6.08 Å². The Balaban J connectivity index is 1.98. The first-order chi connectivity index (χ1) is 8.61. The summed E-state index contributed by atoms with van der Waals surface area (Å²) in [7, 11) is 0. The summed E-state index contributed by atoms with van der Waals surface area (Å²) in [5.74, 6) is -1.85. The Kier molecular flexibility index (Phi) is 4.65. The van der Waals surface area contributed by atoms with E-state index in [1.165, 1.54) is 17.0 Å². The van der Waals surface area contributed by atoms with Crippen LogP contribution >= 0.6 is 27.7 Å². The highest BCUT2D eigenvalue weighted by molar-refractivity contribution is 9.11. The maximum atomic E-state index is 14.2. The molecule has 1 aliphatic carbocycles. The molecule has 95 valence electrons. The molecule has 0 spiro atoms. The molecule has 1 atom stereocenters. The number of allylic oxidation sites excluding steroid dienone is 2. The van der Waals surface area contributed by atoms with Crippen molar-refractivity contribution in [3.8, 4) is 0 Å². The summed E-state index contributed by atoms with van der Waals surface area (Å²) in [4.78, 5) is 1.18. The molecular formula is C14H13BrFOS. The summed E-state index contributed by atoms with van der Waals surface area (Å²) < 4.78 is 20.3. The van der Waals surface area contributed by atoms with Crippen molar-refractivity contribution in [3.05, 3.63) is 52.5 Å². The molecule has 2 rings (SSSR count). The summed E-state index contributed by atoms with van der Waals surface area (Å²) in [5, 5.41) is 0. The number of rotatable bonds is 4. The zero-order valence-electron chi connectivity index (χ0n) is 9.95. The first-order valence-corrected chi connectivity index (χ1v) is 7.54. The van der Waals surface area contributed by atoms with E-state index in [4.69, 9.17) is 4.74 Å². The number of alkyl halides is 1. The van der Waals surface area contributed by atoms with Gasteiger partial charge in [-0.25, -0.2) is 4.39 Å². The molecule has 0 aromatic heterocycles. The standard InChI is InChI=1S/C14H13BrFOS/c1-18-13-6-4-11(5-7-13)10-17-14(16)8-2-3-12(15)9-14/h4-9H,3,10H2,1H3. The summed E-state index contributed by atoms with van der Waals surface area (Å²) in [5.41, 5.74) is 0.952. The first kappa shape index (κ1) is 13.8. The number of benzene rings is 1. The van der Waals surface area contributed by atoms with Gasteiger partial charge in [0.25, 0.3) is 0 Å². The zero-order chi connectivity index (χ0) is 13.0. The Labute approximate surface area is 119 Å². The van der Waals surface area contributed by atoms with E-state index in [2.05, 4.69) is 22.0 Å². The van der Waals surface area contributed by atoms with Crippen molar-refractivity contribution in [1.29, 1.82) is 0 Å². The summed E-state index contributed by atoms with van der Waals surface area (Å²) in [6, 6.07) is 7.90. The maximum Gasteiger partial charge on any atom is 0.249 e. The van der Waals surface area contributed by atoms with E-state index in [0.717, 1.165) is 10.0 Å². The van der Waals surface area contributed by atoms with Crippen molar-refractivity contribution < 1.29 is 9.13 Å². The molecule has 0 fully saturated rings. The van der Waals surface area contributed by atoms with Crippen molar-refractivity contribution in [2.75, 3.05) is 6.26 Å². The molecule has 1 radical (unpaired) electrons. The number of halogens is 2. The van der Waals surface area contributed by atoms with Crippen LogP contribution in [0.4, 0.5) is 4.39 Å². The van der Waals surface area contributed by atoms with Crippen molar-refractivity contribution in [2.45, 2.75) is 23.8 Å². The van der Waals surface area contributed by atoms with Crippen molar-refractivity contribution in [1.82, 2.24) is 0 Å². The minimum Gasteiger partial charge on any atom is -0.335 e. The number of thioether (sulfide) groups is 1. The van der Waals surface area contributed by atoms with Crippen molar-refractivity contribution in [2.24, 2.45) is 0 Å². The van der Waals surface area contributed by atoms with Gasteiger partial charge in [0.1, 0.15) is 0 Å². The van der Waals surface area contributed by atoms with Crippen LogP contribution in [-0.4, -0.2) is 12.1 Å². The molecule has 0 N–H and O–H groups in total. The van der Waals surface area contributed by atoms with Crippen LogP contribution in [0.1, 0.15) is 12.0 Å². The average molecular weight is 328 g/mol. The normalized spacial score (nSPS) is 22.9. The lowest BCUT2D eigenvalue weighted by Crippen LogP contribution is -2.23. The molecule has 1 unspecified atom stereocenters. The van der Waals surface area contributed by atoms with E-state index in [9.17, 15) is 4.39 Å². The Morgan fingerprint density at radius 1 is 1.44 bits per heavy atom. The Morgan fingerprint density at radius 2 is 2.17 bits per heavy atom. The highest BCUT2D eigenvalue weighted by atomic mass is 79.9. The predicted octanol–water partition coefficient (Wildman–Crippen LogP) is 4.63. The van der Waals surface area contributed by atoms with Crippen LogP contribution in [-0.2, 0) is 11.3 Å². The Hall–Kier alpha value is -0.580. The molecule has 18 heavy (non-hydrogen) atoms. The monoisotopic (exact) mass is 327 g/mol. The van der Waals surface area contributed by atoms with Crippen molar-refractivity contribution in [3.63, 3.8) is 0 Å². The quantitative estimate of drug-likeness (QED) is 0.745. The minimum atomic E-state index is -1.85. The molecule has 0 heterocycles. The molecular weight excluding hydrogens is 315 g/mol. The minimum absolute atomic E-state index is 0.236. The molecule has 1 aromatic rings. The van der Waals surface area contributed by atoms with Gasteiger partial charge >= 0.3 is 0 Å². The number of hydrogen-bond acceptors (Lipinski definition) is 2. The molecule has 0 saturated heterocycles. The van der Waals surface area contributed by atoms with E-state index in [1.54, 1.807) is 11.8 Å². The fourth-order valence-electron chi connectivity index (χ4n) is 1.59. The molecule has 1 aromatic carbocycles. The van der Waals surface area contributed by atoms with Gasteiger partial charge in [-0.05, 0) is 42.2 Å². The fourth-order valence-corrected chi connectivity index (χ4v) is 2.48. The third-order valence-corrected chi connectivity index (χ3v) is 3.80. The first-order valence-electron chi connectivity index (χ1n) is 5.52. The predicted molar refractivity (Wildman–Crippen MR) is 76.3 cm³/mol. The van der Waals surface area contributed by atoms with Crippen LogP contribution in [0.2, 0.25) is 0 Å². The van der Waals surface area contributed by atoms with E-state index < -0.39 is 5.85 Å². The van der Waals surface area contributed by atoms with Crippen LogP contribution in [0.3, 0.4) is 0 Å². The van der Waals surface area contributed by atoms with Crippen LogP contribution in [0.5, 0.6) is 0 Å². The van der Waals surface area contributed by atoms with Crippen LogP contribution in [0.25, 0.3) is 0 Å². The molecule has 0 bridgehead atoms. The van der Waals surface area contributed by atoms with Gasteiger partial charge in [0.05, 0.1) is 6.61 Å². The second-order valence-corrected chi connectivity index (χ2v) is 5.85. The van der Waals surface area contributed by atoms with E-state index in [-0.39, 0.29) is 6.61 Å². The van der Waals surface area contributed by atoms with Crippen molar-refractivity contribution >= 4 is 27.7 Å².